The van der Waals surface area contributed by atoms with Crippen LogP contribution < -0.4 is 10.0 Å². The third-order valence-electron chi connectivity index (χ3n) is 5.00. The number of aryl methyl sites for hydroxylation is 4. The fourth-order valence-corrected chi connectivity index (χ4v) is 4.70. The number of hydrogen-bond acceptors (Lipinski definition) is 5. The average Bonchev–Trinajstić information content (AvgIpc) is 3.25. The monoisotopic (exact) mass is 438 g/mol. The lowest BCUT2D eigenvalue weighted by molar-refractivity contribution is 0.102. The van der Waals surface area contributed by atoms with Gasteiger partial charge < -0.3 is 5.32 Å². The van der Waals surface area contributed by atoms with Crippen molar-refractivity contribution in [2.45, 2.75) is 25.7 Å². The smallest absolute Gasteiger partial charge is 0.262 e. The first kappa shape index (κ1) is 20.6. The van der Waals surface area contributed by atoms with Gasteiger partial charge in [-0.1, -0.05) is 23.8 Å². The van der Waals surface area contributed by atoms with E-state index in [2.05, 4.69) is 25.3 Å². The topological polar surface area (TPSA) is 122 Å². The number of nitrogens with one attached hydrogen (secondary N) is 3. The highest BCUT2D eigenvalue weighted by molar-refractivity contribution is 7.92. The van der Waals surface area contributed by atoms with Gasteiger partial charge in [0.15, 0.2) is 5.65 Å². The highest BCUT2D eigenvalue weighted by atomic mass is 32.2. The van der Waals surface area contributed by atoms with Crippen molar-refractivity contribution in [1.29, 1.82) is 0 Å². The number of nitrogens with zero attached hydrogens (tertiary/aromatic N) is 3. The molecule has 10 heteroatoms. The molecule has 2 aromatic heterocycles. The predicted octanol–water partition coefficient (Wildman–Crippen LogP) is 3.27. The number of rotatable bonds is 5. The normalized spacial score (nSPS) is 11.6. The molecule has 0 spiro atoms. The molecule has 0 fully saturated rings. The van der Waals surface area contributed by atoms with Crippen LogP contribution in [-0.4, -0.2) is 34.3 Å². The number of aromatic amines is 1. The van der Waals surface area contributed by atoms with E-state index in [1.807, 2.05) is 26.0 Å². The van der Waals surface area contributed by atoms with E-state index < -0.39 is 15.9 Å². The molecule has 0 radical (unpaired) electrons. The summed E-state index contributed by atoms with van der Waals surface area (Å²) in [7, 11) is -2.11. The molecule has 0 saturated heterocycles. The number of hydrogen-bond donors (Lipinski definition) is 3. The zero-order valence-electron chi connectivity index (χ0n) is 17.5. The Hall–Kier alpha value is -3.66. The number of amides is 1. The summed E-state index contributed by atoms with van der Waals surface area (Å²) in [5.74, 6) is -0.0473. The van der Waals surface area contributed by atoms with Crippen molar-refractivity contribution >= 4 is 38.5 Å². The standard InChI is InChI=1S/C21H22N6O3S/c1-12-5-9-16(10-6-12)26-31(29,30)17-11-15(8-7-13(17)2)21(28)22-19-18-14(3)25-27(4)20(18)24-23-19/h5-11,26H,1-4H3,(H2,22,23,24,28). The third-order valence-corrected chi connectivity index (χ3v) is 6.52. The Morgan fingerprint density at radius 1 is 1.06 bits per heavy atom. The summed E-state index contributed by atoms with van der Waals surface area (Å²) in [6.45, 7) is 5.43. The number of carbonyl (C=O) groups is 1. The average molecular weight is 439 g/mol. The fraction of sp³-hybridized carbons (Fsp3) is 0.190. The minimum absolute atomic E-state index is 0.0352. The molecular weight excluding hydrogens is 416 g/mol. The Morgan fingerprint density at radius 3 is 2.48 bits per heavy atom. The van der Waals surface area contributed by atoms with E-state index in [0.29, 0.717) is 28.1 Å². The van der Waals surface area contributed by atoms with Crippen molar-refractivity contribution in [3.63, 3.8) is 0 Å². The summed E-state index contributed by atoms with van der Waals surface area (Å²) >= 11 is 0. The molecule has 0 atom stereocenters. The molecule has 0 bridgehead atoms. The van der Waals surface area contributed by atoms with Gasteiger partial charge in [0, 0.05) is 18.3 Å². The van der Waals surface area contributed by atoms with Crippen LogP contribution in [0.4, 0.5) is 11.5 Å². The molecule has 4 rings (SSSR count). The van der Waals surface area contributed by atoms with Crippen LogP contribution in [0.25, 0.3) is 11.0 Å². The van der Waals surface area contributed by atoms with Crippen LogP contribution in [0.5, 0.6) is 0 Å². The predicted molar refractivity (Wildman–Crippen MR) is 119 cm³/mol. The molecular formula is C21H22N6O3S. The molecule has 4 aromatic rings. The van der Waals surface area contributed by atoms with E-state index >= 15 is 0 Å². The van der Waals surface area contributed by atoms with Crippen molar-refractivity contribution in [3.8, 4) is 0 Å². The van der Waals surface area contributed by atoms with Gasteiger partial charge in [-0.25, -0.2) is 13.1 Å². The summed E-state index contributed by atoms with van der Waals surface area (Å²) in [5.41, 5.74) is 3.54. The number of anilines is 2. The van der Waals surface area contributed by atoms with Gasteiger partial charge in [-0.15, -0.1) is 0 Å². The van der Waals surface area contributed by atoms with Gasteiger partial charge in [0.05, 0.1) is 16.0 Å². The summed E-state index contributed by atoms with van der Waals surface area (Å²) in [4.78, 5) is 12.9. The molecule has 160 valence electrons. The summed E-state index contributed by atoms with van der Waals surface area (Å²) in [6.07, 6.45) is 0. The lowest BCUT2D eigenvalue weighted by atomic mass is 10.1. The van der Waals surface area contributed by atoms with Gasteiger partial charge in [0.2, 0.25) is 0 Å². The van der Waals surface area contributed by atoms with Crippen molar-refractivity contribution in [3.05, 3.63) is 64.8 Å². The molecule has 9 nitrogen and oxygen atoms in total. The van der Waals surface area contributed by atoms with E-state index in [1.54, 1.807) is 42.9 Å². The zero-order valence-corrected chi connectivity index (χ0v) is 18.3. The fourth-order valence-electron chi connectivity index (χ4n) is 3.37. The van der Waals surface area contributed by atoms with Crippen LogP contribution in [0.1, 0.15) is 27.2 Å². The molecule has 0 aliphatic rings. The molecule has 0 saturated carbocycles. The van der Waals surface area contributed by atoms with Crippen molar-refractivity contribution < 1.29 is 13.2 Å². The van der Waals surface area contributed by atoms with E-state index in [9.17, 15) is 13.2 Å². The highest BCUT2D eigenvalue weighted by Crippen LogP contribution is 2.25. The number of H-pyrrole nitrogens is 1. The number of fused-ring (bicyclic) bond motifs is 1. The van der Waals surface area contributed by atoms with E-state index in [1.165, 1.54) is 6.07 Å². The maximum absolute atomic E-state index is 13.0. The van der Waals surface area contributed by atoms with Crippen molar-refractivity contribution in [2.24, 2.45) is 7.05 Å². The number of aromatic nitrogens is 4. The van der Waals surface area contributed by atoms with Gasteiger partial charge in [0.25, 0.3) is 15.9 Å². The Morgan fingerprint density at radius 2 is 1.77 bits per heavy atom. The lowest BCUT2D eigenvalue weighted by Gasteiger charge is -2.12. The summed E-state index contributed by atoms with van der Waals surface area (Å²) in [6, 6.07) is 11.6. The molecule has 3 N–H and O–H groups in total. The maximum atomic E-state index is 13.0. The second-order valence-electron chi connectivity index (χ2n) is 7.41. The second-order valence-corrected chi connectivity index (χ2v) is 9.06. The molecule has 31 heavy (non-hydrogen) atoms. The highest BCUT2D eigenvalue weighted by Gasteiger charge is 2.21. The quantitative estimate of drug-likeness (QED) is 0.441. The van der Waals surface area contributed by atoms with E-state index in [4.69, 9.17) is 0 Å². The van der Waals surface area contributed by atoms with Gasteiger partial charge in [-0.05, 0) is 50.6 Å². The zero-order chi connectivity index (χ0) is 22.3. The lowest BCUT2D eigenvalue weighted by Crippen LogP contribution is -2.17. The van der Waals surface area contributed by atoms with Crippen LogP contribution in [0.3, 0.4) is 0 Å². The molecule has 0 aliphatic heterocycles. The van der Waals surface area contributed by atoms with Crippen LogP contribution in [-0.2, 0) is 17.1 Å². The molecule has 0 aliphatic carbocycles. The van der Waals surface area contributed by atoms with E-state index in [-0.39, 0.29) is 10.5 Å². The SMILES string of the molecule is Cc1ccc(NS(=O)(=O)c2cc(C(=O)Nc3[nH]nc4c3c(C)nn4C)ccc2C)cc1. The number of sulfonamides is 1. The molecule has 2 heterocycles. The largest absolute Gasteiger partial charge is 0.306 e. The Bertz CT molecular complexity index is 1400. The first-order valence-electron chi connectivity index (χ1n) is 9.55. The van der Waals surface area contributed by atoms with Crippen LogP contribution >= 0.6 is 0 Å². The Labute approximate surface area is 179 Å². The van der Waals surface area contributed by atoms with Gasteiger partial charge in [-0.3, -0.25) is 14.6 Å². The molecule has 1 amide bonds. The minimum atomic E-state index is -3.88. The van der Waals surface area contributed by atoms with Crippen molar-refractivity contribution in [2.75, 3.05) is 10.0 Å². The van der Waals surface area contributed by atoms with Gasteiger partial charge in [-0.2, -0.15) is 10.2 Å². The molecule has 0 unspecified atom stereocenters. The van der Waals surface area contributed by atoms with Gasteiger partial charge >= 0.3 is 0 Å². The first-order valence-corrected chi connectivity index (χ1v) is 11.0. The summed E-state index contributed by atoms with van der Waals surface area (Å²) < 4.78 is 30.1. The van der Waals surface area contributed by atoms with Crippen LogP contribution in [0, 0.1) is 20.8 Å². The van der Waals surface area contributed by atoms with Crippen LogP contribution in [0.2, 0.25) is 0 Å². The number of benzene rings is 2. The Balaban J connectivity index is 1.63. The van der Waals surface area contributed by atoms with Crippen LogP contribution in [0.15, 0.2) is 47.4 Å². The van der Waals surface area contributed by atoms with Gasteiger partial charge in [0.1, 0.15) is 5.82 Å². The minimum Gasteiger partial charge on any atom is -0.306 e. The maximum Gasteiger partial charge on any atom is 0.262 e. The number of carbonyl (C=O) groups excluding carboxylic acids is 1. The summed E-state index contributed by atoms with van der Waals surface area (Å²) in [5, 5.41) is 14.7. The third kappa shape index (κ3) is 3.89. The first-order chi connectivity index (χ1) is 14.7. The van der Waals surface area contributed by atoms with Crippen molar-refractivity contribution in [1.82, 2.24) is 20.0 Å². The molecule has 2 aromatic carbocycles. The van der Waals surface area contributed by atoms with E-state index in [0.717, 1.165) is 11.3 Å². The second kappa shape index (κ2) is 7.55. The Kier molecular flexibility index (Phi) is 5.02.